The first-order valence-electron chi connectivity index (χ1n) is 5.71. The Morgan fingerprint density at radius 1 is 1.35 bits per heavy atom. The molecule has 3 heteroatoms. The van der Waals surface area contributed by atoms with Crippen LogP contribution in [0.3, 0.4) is 0 Å². The summed E-state index contributed by atoms with van der Waals surface area (Å²) in [7, 11) is 1.39. The van der Waals surface area contributed by atoms with Crippen molar-refractivity contribution >= 4 is 5.97 Å². The predicted molar refractivity (Wildman–Crippen MR) is 64.4 cm³/mol. The van der Waals surface area contributed by atoms with E-state index in [0.29, 0.717) is 6.61 Å². The van der Waals surface area contributed by atoms with E-state index in [-0.39, 0.29) is 12.1 Å². The van der Waals surface area contributed by atoms with Gasteiger partial charge in [-0.25, -0.2) is 4.79 Å². The Balaban J connectivity index is 1.71. The first-order valence-corrected chi connectivity index (χ1v) is 5.71. The highest BCUT2D eigenvalue weighted by atomic mass is 16.5. The van der Waals surface area contributed by atoms with Gasteiger partial charge in [0.1, 0.15) is 0 Å². The summed E-state index contributed by atoms with van der Waals surface area (Å²) in [6, 6.07) is 10.1. The molecular weight excluding hydrogens is 216 g/mol. The summed E-state index contributed by atoms with van der Waals surface area (Å²) < 4.78 is 10.3. The van der Waals surface area contributed by atoms with Crippen LogP contribution in [-0.4, -0.2) is 19.2 Å². The number of methoxy groups -OCH3 is 1. The molecule has 0 N–H and O–H groups in total. The van der Waals surface area contributed by atoms with Crippen molar-refractivity contribution in [1.82, 2.24) is 0 Å². The van der Waals surface area contributed by atoms with Crippen molar-refractivity contribution in [2.45, 2.75) is 25.6 Å². The Kier molecular flexibility index (Phi) is 3.94. The van der Waals surface area contributed by atoms with Crippen LogP contribution in [0, 0.1) is 0 Å². The zero-order chi connectivity index (χ0) is 12.1. The van der Waals surface area contributed by atoms with Crippen molar-refractivity contribution in [3.05, 3.63) is 47.5 Å². The smallest absolute Gasteiger partial charge is 0.330 e. The number of rotatable bonds is 4. The third-order valence-corrected chi connectivity index (χ3v) is 2.83. The van der Waals surface area contributed by atoms with Gasteiger partial charge in [0.15, 0.2) is 0 Å². The highest BCUT2D eigenvalue weighted by Gasteiger charge is 2.24. The lowest BCUT2D eigenvalue weighted by molar-refractivity contribution is -0.135. The lowest BCUT2D eigenvalue weighted by Gasteiger charge is -2.29. The van der Waals surface area contributed by atoms with Gasteiger partial charge in [0.25, 0.3) is 0 Å². The molecule has 1 aromatic carbocycles. The minimum atomic E-state index is -0.276. The average Bonchev–Trinajstić information content (AvgIpc) is 2.32. The average molecular weight is 232 g/mol. The molecule has 0 saturated heterocycles. The molecule has 0 aromatic heterocycles. The first kappa shape index (κ1) is 11.9. The monoisotopic (exact) mass is 232 g/mol. The fraction of sp³-hybridized carbons (Fsp3) is 0.357. The number of hydrogen-bond donors (Lipinski definition) is 0. The minimum Gasteiger partial charge on any atom is -0.466 e. The maximum atomic E-state index is 11.0. The molecule has 1 aromatic rings. The van der Waals surface area contributed by atoms with Crippen LogP contribution in [0.25, 0.3) is 0 Å². The minimum absolute atomic E-state index is 0.242. The fourth-order valence-electron chi connectivity index (χ4n) is 1.77. The van der Waals surface area contributed by atoms with Crippen LogP contribution < -0.4 is 0 Å². The van der Waals surface area contributed by atoms with Crippen LogP contribution in [0.5, 0.6) is 0 Å². The van der Waals surface area contributed by atoms with Crippen molar-refractivity contribution in [3.63, 3.8) is 0 Å². The third kappa shape index (κ3) is 3.43. The summed E-state index contributed by atoms with van der Waals surface area (Å²) in [5.74, 6) is -0.276. The molecule has 3 nitrogen and oxygen atoms in total. The Morgan fingerprint density at radius 3 is 2.71 bits per heavy atom. The van der Waals surface area contributed by atoms with E-state index >= 15 is 0 Å². The maximum Gasteiger partial charge on any atom is 0.330 e. The number of ether oxygens (including phenoxy) is 2. The molecule has 0 radical (unpaired) electrons. The van der Waals surface area contributed by atoms with E-state index in [2.05, 4.69) is 4.74 Å². The van der Waals surface area contributed by atoms with Crippen molar-refractivity contribution in [2.24, 2.45) is 0 Å². The van der Waals surface area contributed by atoms with Crippen molar-refractivity contribution in [2.75, 3.05) is 7.11 Å². The highest BCUT2D eigenvalue weighted by Crippen LogP contribution is 2.29. The standard InChI is InChI=1S/C14H16O3/c1-16-14(15)9-12-7-13(8-12)17-10-11-5-3-2-4-6-11/h2-6,9,13H,7-8,10H2,1H3. The number of benzene rings is 1. The van der Waals surface area contributed by atoms with Gasteiger partial charge in [0.2, 0.25) is 0 Å². The first-order chi connectivity index (χ1) is 8.28. The Hall–Kier alpha value is -1.61. The quantitative estimate of drug-likeness (QED) is 0.591. The summed E-state index contributed by atoms with van der Waals surface area (Å²) in [6.07, 6.45) is 3.47. The van der Waals surface area contributed by atoms with Crippen LogP contribution >= 0.6 is 0 Å². The lowest BCUT2D eigenvalue weighted by Crippen LogP contribution is -2.25. The number of hydrogen-bond acceptors (Lipinski definition) is 3. The molecule has 1 aliphatic rings. The van der Waals surface area contributed by atoms with Crippen LogP contribution in [0.2, 0.25) is 0 Å². The molecule has 90 valence electrons. The summed E-state index contributed by atoms with van der Waals surface area (Å²) in [5.41, 5.74) is 2.29. The maximum absolute atomic E-state index is 11.0. The number of carbonyl (C=O) groups is 1. The van der Waals surface area contributed by atoms with Crippen LogP contribution in [-0.2, 0) is 20.9 Å². The topological polar surface area (TPSA) is 35.5 Å². The molecule has 0 amide bonds. The number of carbonyl (C=O) groups excluding carboxylic acids is 1. The fourth-order valence-corrected chi connectivity index (χ4v) is 1.77. The lowest BCUT2D eigenvalue weighted by atomic mass is 9.88. The van der Waals surface area contributed by atoms with E-state index in [1.54, 1.807) is 6.08 Å². The van der Waals surface area contributed by atoms with Crippen molar-refractivity contribution in [1.29, 1.82) is 0 Å². The molecule has 1 fully saturated rings. The van der Waals surface area contributed by atoms with Gasteiger partial charge in [-0.2, -0.15) is 0 Å². The normalized spacial score (nSPS) is 18.4. The molecular formula is C14H16O3. The van der Waals surface area contributed by atoms with Crippen LogP contribution in [0.15, 0.2) is 42.0 Å². The van der Waals surface area contributed by atoms with Crippen molar-refractivity contribution in [3.8, 4) is 0 Å². The molecule has 1 saturated carbocycles. The Labute approximate surface area is 101 Å². The molecule has 0 unspecified atom stereocenters. The van der Waals surface area contributed by atoms with E-state index in [1.165, 1.54) is 12.7 Å². The van der Waals surface area contributed by atoms with E-state index in [4.69, 9.17) is 4.74 Å². The van der Waals surface area contributed by atoms with Crippen LogP contribution in [0.1, 0.15) is 18.4 Å². The molecule has 2 rings (SSSR count). The summed E-state index contributed by atoms with van der Waals surface area (Å²) in [6.45, 7) is 0.636. The Bertz CT molecular complexity index is 401. The molecule has 0 heterocycles. The molecule has 17 heavy (non-hydrogen) atoms. The van der Waals surface area contributed by atoms with Gasteiger partial charge in [-0.05, 0) is 18.4 Å². The zero-order valence-electron chi connectivity index (χ0n) is 9.89. The van der Waals surface area contributed by atoms with Gasteiger partial charge in [0, 0.05) is 6.08 Å². The van der Waals surface area contributed by atoms with Crippen molar-refractivity contribution < 1.29 is 14.3 Å². The molecule has 0 aliphatic heterocycles. The zero-order valence-corrected chi connectivity index (χ0v) is 9.89. The molecule has 1 aliphatic carbocycles. The van der Waals surface area contributed by atoms with Crippen LogP contribution in [0.4, 0.5) is 0 Å². The number of esters is 1. The highest BCUT2D eigenvalue weighted by molar-refractivity contribution is 5.82. The summed E-state index contributed by atoms with van der Waals surface area (Å²) in [4.78, 5) is 11.0. The van der Waals surface area contributed by atoms with Gasteiger partial charge in [-0.15, -0.1) is 0 Å². The van der Waals surface area contributed by atoms with Gasteiger partial charge >= 0.3 is 5.97 Å². The predicted octanol–water partition coefficient (Wildman–Crippen LogP) is 2.47. The van der Waals surface area contributed by atoms with E-state index in [9.17, 15) is 4.79 Å². The Morgan fingerprint density at radius 2 is 2.06 bits per heavy atom. The second-order valence-corrected chi connectivity index (χ2v) is 4.15. The SMILES string of the molecule is COC(=O)C=C1CC(OCc2ccccc2)C1. The largest absolute Gasteiger partial charge is 0.466 e. The summed E-state index contributed by atoms with van der Waals surface area (Å²) >= 11 is 0. The second kappa shape index (κ2) is 5.64. The summed E-state index contributed by atoms with van der Waals surface area (Å²) in [5, 5.41) is 0. The van der Waals surface area contributed by atoms with E-state index < -0.39 is 0 Å². The van der Waals surface area contributed by atoms with E-state index in [0.717, 1.165) is 18.4 Å². The van der Waals surface area contributed by atoms with Gasteiger partial charge in [-0.3, -0.25) is 0 Å². The molecule has 0 bridgehead atoms. The van der Waals surface area contributed by atoms with Gasteiger partial charge < -0.3 is 9.47 Å². The third-order valence-electron chi connectivity index (χ3n) is 2.83. The van der Waals surface area contributed by atoms with Gasteiger partial charge in [0.05, 0.1) is 19.8 Å². The molecule has 0 spiro atoms. The van der Waals surface area contributed by atoms with E-state index in [1.807, 2.05) is 30.3 Å². The second-order valence-electron chi connectivity index (χ2n) is 4.15. The molecule has 0 atom stereocenters. The van der Waals surface area contributed by atoms with Gasteiger partial charge in [-0.1, -0.05) is 35.9 Å².